The molecule has 0 radical (unpaired) electrons. The van der Waals surface area contributed by atoms with Gasteiger partial charge in [-0.25, -0.2) is 0 Å². The molecule has 1 atom stereocenters. The van der Waals surface area contributed by atoms with E-state index in [1.54, 1.807) is 6.92 Å². The molecule has 0 aromatic carbocycles. The van der Waals surface area contributed by atoms with Crippen LogP contribution in [0.2, 0.25) is 0 Å². The second-order valence-electron chi connectivity index (χ2n) is 2.42. The fraction of sp³-hybridized carbons (Fsp3) is 0.857. The van der Waals surface area contributed by atoms with Gasteiger partial charge in [0.15, 0.2) is 0 Å². The van der Waals surface area contributed by atoms with Crippen molar-refractivity contribution in [3.8, 4) is 0 Å². The van der Waals surface area contributed by atoms with Crippen LogP contribution in [0, 0.1) is 0 Å². The zero-order chi connectivity index (χ0) is 8.69. The number of hydrogen-bond acceptors (Lipinski definition) is 3. The van der Waals surface area contributed by atoms with Crippen molar-refractivity contribution in [1.29, 1.82) is 0 Å². The smallest absolute Gasteiger partial charge is 0.232 e. The summed E-state index contributed by atoms with van der Waals surface area (Å²) in [4.78, 5) is 10.9. The van der Waals surface area contributed by atoms with Crippen molar-refractivity contribution in [2.45, 2.75) is 18.6 Å². The van der Waals surface area contributed by atoms with Crippen LogP contribution in [0.25, 0.3) is 0 Å². The Morgan fingerprint density at radius 1 is 1.55 bits per heavy atom. The molecule has 0 rings (SSSR count). The van der Waals surface area contributed by atoms with Gasteiger partial charge in [-0.1, -0.05) is 0 Å². The van der Waals surface area contributed by atoms with Gasteiger partial charge in [0.05, 0.1) is 5.25 Å². The quantitative estimate of drug-likeness (QED) is 0.409. The molecule has 0 saturated heterocycles. The average molecular weight is 176 g/mol. The van der Waals surface area contributed by atoms with E-state index in [1.165, 1.54) is 0 Å². The summed E-state index contributed by atoms with van der Waals surface area (Å²) in [6.45, 7) is 3.42. The van der Waals surface area contributed by atoms with E-state index in [-0.39, 0.29) is 11.2 Å². The van der Waals surface area contributed by atoms with Crippen LogP contribution in [-0.4, -0.2) is 31.3 Å². The highest BCUT2D eigenvalue weighted by Crippen LogP contribution is 1.90. The number of rotatable bonds is 5. The van der Waals surface area contributed by atoms with Crippen molar-refractivity contribution in [2.75, 3.05) is 20.1 Å². The molecule has 66 valence electrons. The van der Waals surface area contributed by atoms with Gasteiger partial charge in [0.1, 0.15) is 0 Å². The molecular weight excluding hydrogens is 160 g/mol. The summed E-state index contributed by atoms with van der Waals surface area (Å²) < 4.78 is 0. The number of carbonyl (C=O) groups excluding carboxylic acids is 1. The van der Waals surface area contributed by atoms with E-state index < -0.39 is 0 Å². The van der Waals surface area contributed by atoms with Crippen molar-refractivity contribution in [3.05, 3.63) is 0 Å². The van der Waals surface area contributed by atoms with E-state index in [9.17, 15) is 4.79 Å². The van der Waals surface area contributed by atoms with Gasteiger partial charge in [0.25, 0.3) is 0 Å². The maximum atomic E-state index is 10.9. The maximum absolute atomic E-state index is 10.9. The van der Waals surface area contributed by atoms with Crippen molar-refractivity contribution >= 4 is 18.5 Å². The summed E-state index contributed by atoms with van der Waals surface area (Å²) in [6.07, 6.45) is 0.961. The van der Waals surface area contributed by atoms with E-state index in [2.05, 4.69) is 23.3 Å². The van der Waals surface area contributed by atoms with Crippen molar-refractivity contribution in [3.63, 3.8) is 0 Å². The predicted octanol–water partition coefficient (Wildman–Crippen LogP) is 0.0304. The molecule has 0 aromatic heterocycles. The lowest BCUT2D eigenvalue weighted by atomic mass is 10.4. The molecule has 0 spiro atoms. The molecule has 4 heteroatoms. The lowest BCUT2D eigenvalue weighted by Crippen LogP contribution is -2.31. The minimum atomic E-state index is -0.204. The van der Waals surface area contributed by atoms with Crippen molar-refractivity contribution in [2.24, 2.45) is 0 Å². The van der Waals surface area contributed by atoms with Gasteiger partial charge in [0.2, 0.25) is 5.91 Å². The standard InChI is InChI=1S/C7H16N2OS/c1-6(11)7(10)9-5-3-4-8-2/h6,8,11H,3-5H2,1-2H3,(H,9,10). The third kappa shape index (κ3) is 6.19. The third-order valence-corrected chi connectivity index (χ3v) is 1.52. The molecule has 0 fully saturated rings. The minimum absolute atomic E-state index is 0.00411. The number of thiol groups is 1. The van der Waals surface area contributed by atoms with Crippen molar-refractivity contribution in [1.82, 2.24) is 10.6 Å². The molecule has 0 aliphatic heterocycles. The van der Waals surface area contributed by atoms with Crippen LogP contribution < -0.4 is 10.6 Å². The number of hydrogen-bond donors (Lipinski definition) is 3. The first kappa shape index (κ1) is 10.8. The first-order valence-corrected chi connectivity index (χ1v) is 4.30. The molecule has 3 nitrogen and oxygen atoms in total. The fourth-order valence-corrected chi connectivity index (χ4v) is 0.716. The first-order valence-electron chi connectivity index (χ1n) is 3.79. The molecule has 1 unspecified atom stereocenters. The Balaban J connectivity index is 3.18. The van der Waals surface area contributed by atoms with Gasteiger partial charge in [0, 0.05) is 6.54 Å². The Kier molecular flexibility index (Phi) is 6.36. The van der Waals surface area contributed by atoms with Crippen molar-refractivity contribution < 1.29 is 4.79 Å². The number of nitrogens with one attached hydrogen (secondary N) is 2. The number of carbonyl (C=O) groups is 1. The van der Waals surface area contributed by atoms with Gasteiger partial charge < -0.3 is 10.6 Å². The molecule has 11 heavy (non-hydrogen) atoms. The third-order valence-electron chi connectivity index (χ3n) is 1.28. The minimum Gasteiger partial charge on any atom is -0.355 e. The molecule has 0 saturated carbocycles. The molecule has 0 aliphatic rings. The van der Waals surface area contributed by atoms with Crippen LogP contribution in [0.5, 0.6) is 0 Å². The highest BCUT2D eigenvalue weighted by molar-refractivity contribution is 7.81. The summed E-state index contributed by atoms with van der Waals surface area (Å²) >= 11 is 3.99. The van der Waals surface area contributed by atoms with Crippen LogP contribution in [-0.2, 0) is 4.79 Å². The lowest BCUT2D eigenvalue weighted by molar-refractivity contribution is -0.120. The Labute approximate surface area is 73.3 Å². The van der Waals surface area contributed by atoms with E-state index in [1.807, 2.05) is 7.05 Å². The van der Waals surface area contributed by atoms with Crippen LogP contribution in [0.4, 0.5) is 0 Å². The van der Waals surface area contributed by atoms with Gasteiger partial charge in [-0.2, -0.15) is 12.6 Å². The molecule has 2 N–H and O–H groups in total. The van der Waals surface area contributed by atoms with E-state index in [0.29, 0.717) is 0 Å². The Hall–Kier alpha value is -0.220. The van der Waals surface area contributed by atoms with Gasteiger partial charge in [-0.05, 0) is 26.9 Å². The summed E-state index contributed by atoms with van der Waals surface area (Å²) in [5.41, 5.74) is 0. The zero-order valence-corrected chi connectivity index (χ0v) is 7.95. The first-order chi connectivity index (χ1) is 5.18. The Morgan fingerprint density at radius 2 is 2.18 bits per heavy atom. The molecule has 0 heterocycles. The topological polar surface area (TPSA) is 41.1 Å². The van der Waals surface area contributed by atoms with Gasteiger partial charge in [-0.3, -0.25) is 4.79 Å². The summed E-state index contributed by atoms with van der Waals surface area (Å²) in [6, 6.07) is 0. The highest BCUT2D eigenvalue weighted by atomic mass is 32.1. The van der Waals surface area contributed by atoms with E-state index in [4.69, 9.17) is 0 Å². The van der Waals surface area contributed by atoms with Crippen LogP contribution in [0.15, 0.2) is 0 Å². The van der Waals surface area contributed by atoms with Crippen LogP contribution >= 0.6 is 12.6 Å². The highest BCUT2D eigenvalue weighted by Gasteiger charge is 2.04. The molecule has 0 aromatic rings. The molecular formula is C7H16N2OS. The van der Waals surface area contributed by atoms with Crippen LogP contribution in [0.3, 0.4) is 0 Å². The summed E-state index contributed by atoms with van der Waals surface area (Å²) in [5.74, 6) is 0.00411. The normalized spacial score (nSPS) is 12.6. The monoisotopic (exact) mass is 176 g/mol. The fourth-order valence-electron chi connectivity index (χ4n) is 0.624. The van der Waals surface area contributed by atoms with Gasteiger partial charge >= 0.3 is 0 Å². The molecule has 0 bridgehead atoms. The molecule has 0 aliphatic carbocycles. The van der Waals surface area contributed by atoms with E-state index >= 15 is 0 Å². The zero-order valence-electron chi connectivity index (χ0n) is 7.05. The predicted molar refractivity (Wildman–Crippen MR) is 50.0 cm³/mol. The average Bonchev–Trinajstić information content (AvgIpc) is 1.97. The summed E-state index contributed by atoms with van der Waals surface area (Å²) in [5, 5.41) is 5.56. The Morgan fingerprint density at radius 3 is 2.64 bits per heavy atom. The largest absolute Gasteiger partial charge is 0.355 e. The van der Waals surface area contributed by atoms with Gasteiger partial charge in [-0.15, -0.1) is 0 Å². The number of amides is 1. The van der Waals surface area contributed by atoms with Crippen LogP contribution in [0.1, 0.15) is 13.3 Å². The molecule has 1 amide bonds. The second kappa shape index (κ2) is 6.49. The summed E-state index contributed by atoms with van der Waals surface area (Å²) in [7, 11) is 1.89. The Bertz CT molecular complexity index is 117. The second-order valence-corrected chi connectivity index (χ2v) is 3.20. The lowest BCUT2D eigenvalue weighted by Gasteiger charge is -2.05. The van der Waals surface area contributed by atoms with E-state index in [0.717, 1.165) is 19.5 Å². The SMILES string of the molecule is CNCCCNC(=O)C(C)S. The maximum Gasteiger partial charge on any atom is 0.232 e.